The van der Waals surface area contributed by atoms with Crippen molar-refractivity contribution in [3.05, 3.63) is 86.0 Å². The SMILES string of the molecule is Cc1c(C)c(C)c([S+](c2ccccc2)c2c(C)c(C)c(C(C)(C)C)c(C)c2C)c(C)c1C. The molecular formula is C31H41S+. The van der Waals surface area contributed by atoms with Crippen LogP contribution >= 0.6 is 0 Å². The Morgan fingerprint density at radius 3 is 1.19 bits per heavy atom. The summed E-state index contributed by atoms with van der Waals surface area (Å²) in [6.45, 7) is 28.0. The van der Waals surface area contributed by atoms with Gasteiger partial charge in [0.2, 0.25) is 0 Å². The van der Waals surface area contributed by atoms with Crippen molar-refractivity contribution in [3.8, 4) is 0 Å². The van der Waals surface area contributed by atoms with Crippen LogP contribution in [0.2, 0.25) is 0 Å². The molecule has 0 radical (unpaired) electrons. The second-order valence-corrected chi connectivity index (χ2v) is 12.4. The molecule has 0 fully saturated rings. The molecule has 3 aromatic rings. The maximum atomic E-state index is 2.36. The third kappa shape index (κ3) is 3.94. The largest absolute Gasteiger partial charge is 0.172 e. The summed E-state index contributed by atoms with van der Waals surface area (Å²) in [5, 5.41) is 0. The molecule has 0 aromatic heterocycles. The first-order valence-corrected chi connectivity index (χ1v) is 13.0. The third-order valence-electron chi connectivity index (χ3n) is 7.62. The molecule has 0 saturated carbocycles. The summed E-state index contributed by atoms with van der Waals surface area (Å²) >= 11 is 0. The van der Waals surface area contributed by atoms with Gasteiger partial charge in [-0.2, -0.15) is 0 Å². The molecule has 1 atom stereocenters. The second-order valence-electron chi connectivity index (χ2n) is 10.5. The highest BCUT2D eigenvalue weighted by Gasteiger charge is 2.39. The number of benzene rings is 3. The van der Waals surface area contributed by atoms with Gasteiger partial charge in [0, 0.05) is 22.3 Å². The van der Waals surface area contributed by atoms with Gasteiger partial charge in [0.05, 0.1) is 0 Å². The molecule has 3 aromatic carbocycles. The third-order valence-corrected chi connectivity index (χ3v) is 10.4. The molecule has 0 bridgehead atoms. The Morgan fingerprint density at radius 1 is 0.469 bits per heavy atom. The topological polar surface area (TPSA) is 0 Å². The van der Waals surface area contributed by atoms with Gasteiger partial charge in [0.15, 0.2) is 14.7 Å². The van der Waals surface area contributed by atoms with Crippen LogP contribution in [0, 0.1) is 62.3 Å². The van der Waals surface area contributed by atoms with E-state index in [2.05, 4.69) is 113 Å². The Kier molecular flexibility index (Phi) is 6.74. The van der Waals surface area contributed by atoms with Crippen LogP contribution in [0.3, 0.4) is 0 Å². The maximum absolute atomic E-state index is 2.36. The van der Waals surface area contributed by atoms with Crippen molar-refractivity contribution >= 4 is 10.9 Å². The quantitative estimate of drug-likeness (QED) is 0.353. The van der Waals surface area contributed by atoms with E-state index in [4.69, 9.17) is 0 Å². The highest BCUT2D eigenvalue weighted by atomic mass is 32.2. The Bertz CT molecular complexity index is 1120. The lowest BCUT2D eigenvalue weighted by atomic mass is 9.78. The molecule has 0 saturated heterocycles. The fourth-order valence-electron chi connectivity index (χ4n) is 5.38. The standard InChI is InChI=1S/C31H41S/c1-18-19(2)23(6)29(24(7)20(18)3)32(27-16-14-13-15-17-27)30-25(8)21(4)28(31(10,11)12)22(5)26(30)9/h13-17H,1-12H3/q+1. The molecule has 0 aliphatic carbocycles. The molecule has 0 amide bonds. The minimum absolute atomic E-state index is 0.135. The van der Waals surface area contributed by atoms with Crippen LogP contribution < -0.4 is 0 Å². The maximum Gasteiger partial charge on any atom is 0.172 e. The van der Waals surface area contributed by atoms with E-state index in [9.17, 15) is 0 Å². The van der Waals surface area contributed by atoms with Crippen LogP contribution in [-0.2, 0) is 16.3 Å². The van der Waals surface area contributed by atoms with E-state index in [1.165, 1.54) is 70.3 Å². The summed E-state index contributed by atoms with van der Waals surface area (Å²) in [6, 6.07) is 11.2. The Morgan fingerprint density at radius 2 is 0.812 bits per heavy atom. The van der Waals surface area contributed by atoms with Gasteiger partial charge < -0.3 is 0 Å². The van der Waals surface area contributed by atoms with Gasteiger partial charge in [-0.15, -0.1) is 0 Å². The fourth-order valence-corrected chi connectivity index (χ4v) is 8.32. The van der Waals surface area contributed by atoms with E-state index >= 15 is 0 Å². The summed E-state index contributed by atoms with van der Waals surface area (Å²) in [7, 11) is -0.145. The van der Waals surface area contributed by atoms with Gasteiger partial charge in [-0.3, -0.25) is 0 Å². The van der Waals surface area contributed by atoms with E-state index in [0.717, 1.165) is 0 Å². The van der Waals surface area contributed by atoms with Gasteiger partial charge in [-0.1, -0.05) is 39.0 Å². The van der Waals surface area contributed by atoms with Crippen molar-refractivity contribution < 1.29 is 0 Å². The zero-order valence-electron chi connectivity index (χ0n) is 22.3. The van der Waals surface area contributed by atoms with Gasteiger partial charge in [0.25, 0.3) is 0 Å². The summed E-state index contributed by atoms with van der Waals surface area (Å²) < 4.78 is 0. The van der Waals surface area contributed by atoms with Crippen molar-refractivity contribution in [1.82, 2.24) is 0 Å². The van der Waals surface area contributed by atoms with Crippen LogP contribution in [0.15, 0.2) is 45.0 Å². The summed E-state index contributed by atoms with van der Waals surface area (Å²) in [6.07, 6.45) is 0. The van der Waals surface area contributed by atoms with Crippen molar-refractivity contribution in [2.24, 2.45) is 0 Å². The summed E-state index contributed by atoms with van der Waals surface area (Å²) in [5.74, 6) is 0. The molecule has 1 unspecified atom stereocenters. The van der Waals surface area contributed by atoms with Crippen molar-refractivity contribution in [1.29, 1.82) is 0 Å². The highest BCUT2D eigenvalue weighted by Crippen LogP contribution is 2.44. The normalized spacial score (nSPS) is 12.9. The number of rotatable bonds is 3. The number of hydrogen-bond donors (Lipinski definition) is 0. The molecule has 32 heavy (non-hydrogen) atoms. The van der Waals surface area contributed by atoms with Crippen LogP contribution in [-0.4, -0.2) is 0 Å². The summed E-state index contributed by atoms with van der Waals surface area (Å²) in [4.78, 5) is 4.45. The summed E-state index contributed by atoms with van der Waals surface area (Å²) in [5.41, 5.74) is 14.7. The molecule has 0 heterocycles. The lowest BCUT2D eigenvalue weighted by Crippen LogP contribution is -2.21. The van der Waals surface area contributed by atoms with Crippen LogP contribution in [0.1, 0.15) is 76.4 Å². The molecule has 0 aliphatic heterocycles. The number of hydrogen-bond acceptors (Lipinski definition) is 0. The second kappa shape index (κ2) is 8.75. The van der Waals surface area contributed by atoms with Gasteiger partial charge in [0.1, 0.15) is 10.9 Å². The van der Waals surface area contributed by atoms with E-state index in [1.54, 1.807) is 0 Å². The Balaban J connectivity index is 2.51. The average Bonchev–Trinajstić information content (AvgIpc) is 2.73. The first-order chi connectivity index (χ1) is 14.8. The molecule has 0 spiro atoms. The average molecular weight is 446 g/mol. The zero-order chi connectivity index (χ0) is 24.1. The van der Waals surface area contributed by atoms with Crippen molar-refractivity contribution in [3.63, 3.8) is 0 Å². The minimum Gasteiger partial charge on any atom is -0.0619 e. The van der Waals surface area contributed by atoms with E-state index in [-0.39, 0.29) is 16.3 Å². The zero-order valence-corrected chi connectivity index (χ0v) is 23.1. The first kappa shape index (κ1) is 24.6. The van der Waals surface area contributed by atoms with Gasteiger partial charge in [-0.05, 0) is 113 Å². The molecule has 1 heteroatoms. The van der Waals surface area contributed by atoms with E-state index < -0.39 is 0 Å². The molecule has 0 N–H and O–H groups in total. The van der Waals surface area contributed by atoms with Gasteiger partial charge >= 0.3 is 0 Å². The lowest BCUT2D eigenvalue weighted by Gasteiger charge is -2.29. The molecule has 0 aliphatic rings. The Labute approximate surface area is 199 Å². The van der Waals surface area contributed by atoms with Crippen molar-refractivity contribution in [2.45, 2.75) is 103 Å². The predicted octanol–water partition coefficient (Wildman–Crippen LogP) is 8.86. The lowest BCUT2D eigenvalue weighted by molar-refractivity contribution is 0.579. The predicted molar refractivity (Wildman–Crippen MR) is 143 cm³/mol. The van der Waals surface area contributed by atoms with Gasteiger partial charge in [-0.25, -0.2) is 0 Å². The smallest absolute Gasteiger partial charge is 0.0619 e. The van der Waals surface area contributed by atoms with E-state index in [1.807, 2.05) is 0 Å². The Hall–Kier alpha value is -1.99. The van der Waals surface area contributed by atoms with Crippen molar-refractivity contribution in [2.75, 3.05) is 0 Å². The minimum atomic E-state index is -0.145. The van der Waals surface area contributed by atoms with Crippen LogP contribution in [0.5, 0.6) is 0 Å². The molecular weight excluding hydrogens is 404 g/mol. The van der Waals surface area contributed by atoms with Crippen LogP contribution in [0.4, 0.5) is 0 Å². The fraction of sp³-hybridized carbons (Fsp3) is 0.419. The van der Waals surface area contributed by atoms with E-state index in [0.29, 0.717) is 0 Å². The van der Waals surface area contributed by atoms with Crippen LogP contribution in [0.25, 0.3) is 0 Å². The first-order valence-electron chi connectivity index (χ1n) is 11.8. The molecule has 3 rings (SSSR count). The molecule has 0 nitrogen and oxygen atoms in total. The highest BCUT2D eigenvalue weighted by molar-refractivity contribution is 7.97. The molecule has 170 valence electrons. The monoisotopic (exact) mass is 445 g/mol.